The minimum Gasteiger partial charge on any atom is -0.496 e. The third-order valence-corrected chi connectivity index (χ3v) is 6.28. The van der Waals surface area contributed by atoms with Gasteiger partial charge in [-0.25, -0.2) is 4.79 Å². The van der Waals surface area contributed by atoms with Gasteiger partial charge in [0.1, 0.15) is 5.75 Å². The van der Waals surface area contributed by atoms with E-state index in [1.165, 1.54) is 16.5 Å². The van der Waals surface area contributed by atoms with E-state index in [0.717, 1.165) is 42.8 Å². The second-order valence-electron chi connectivity index (χ2n) is 8.16. The van der Waals surface area contributed by atoms with Crippen molar-refractivity contribution in [2.75, 3.05) is 25.2 Å². The highest BCUT2D eigenvalue weighted by Gasteiger charge is 2.30. The Balaban J connectivity index is 1.69. The van der Waals surface area contributed by atoms with E-state index in [4.69, 9.17) is 9.47 Å². The second kappa shape index (κ2) is 9.02. The number of hydrogen-bond donors (Lipinski definition) is 2. The summed E-state index contributed by atoms with van der Waals surface area (Å²) in [5.74, 6) is 0.00545. The van der Waals surface area contributed by atoms with Gasteiger partial charge in [0.15, 0.2) is 0 Å². The van der Waals surface area contributed by atoms with Crippen molar-refractivity contribution in [1.29, 1.82) is 0 Å². The Hall–Kier alpha value is -2.99. The summed E-state index contributed by atoms with van der Waals surface area (Å²) in [4.78, 5) is 17.0. The van der Waals surface area contributed by atoms with Crippen LogP contribution in [0.15, 0.2) is 42.6 Å². The molecule has 1 saturated heterocycles. The minimum absolute atomic E-state index is 0.174. The fourth-order valence-corrected chi connectivity index (χ4v) is 4.75. The molecular formula is C25H30N2O4. The highest BCUT2D eigenvalue weighted by atomic mass is 16.5. The van der Waals surface area contributed by atoms with Gasteiger partial charge in [-0.2, -0.15) is 0 Å². The van der Waals surface area contributed by atoms with E-state index in [9.17, 15) is 9.90 Å². The molecule has 2 aromatic carbocycles. The van der Waals surface area contributed by atoms with Crippen LogP contribution in [-0.2, 0) is 11.2 Å². The number of anilines is 1. The van der Waals surface area contributed by atoms with Crippen LogP contribution in [0.4, 0.5) is 5.69 Å². The van der Waals surface area contributed by atoms with E-state index in [-0.39, 0.29) is 12.1 Å². The van der Waals surface area contributed by atoms with Crippen molar-refractivity contribution < 1.29 is 19.4 Å². The molecule has 0 amide bonds. The predicted octanol–water partition coefficient (Wildman–Crippen LogP) is 4.80. The van der Waals surface area contributed by atoms with Crippen LogP contribution in [0.5, 0.6) is 5.75 Å². The number of carboxylic acids is 1. The summed E-state index contributed by atoms with van der Waals surface area (Å²) in [6.07, 6.45) is 5.00. The molecule has 1 aromatic heterocycles. The smallest absolute Gasteiger partial charge is 0.335 e. The molecule has 164 valence electrons. The Bertz CT molecular complexity index is 1060. The van der Waals surface area contributed by atoms with E-state index in [1.807, 2.05) is 25.3 Å². The van der Waals surface area contributed by atoms with E-state index in [2.05, 4.69) is 28.9 Å². The lowest BCUT2D eigenvalue weighted by Crippen LogP contribution is -2.47. The van der Waals surface area contributed by atoms with Crippen molar-refractivity contribution >= 4 is 22.6 Å². The van der Waals surface area contributed by atoms with Crippen LogP contribution in [-0.4, -0.2) is 48.5 Å². The van der Waals surface area contributed by atoms with E-state index in [1.54, 1.807) is 19.2 Å². The van der Waals surface area contributed by atoms with Crippen molar-refractivity contribution in [3.05, 3.63) is 59.3 Å². The molecule has 31 heavy (non-hydrogen) atoms. The molecule has 0 radical (unpaired) electrons. The summed E-state index contributed by atoms with van der Waals surface area (Å²) >= 11 is 0. The van der Waals surface area contributed by atoms with E-state index >= 15 is 0 Å². The molecule has 2 heterocycles. The number of benzene rings is 2. The lowest BCUT2D eigenvalue weighted by atomic mass is 9.91. The van der Waals surface area contributed by atoms with Gasteiger partial charge in [-0.15, -0.1) is 0 Å². The number of aromatic carboxylic acids is 1. The largest absolute Gasteiger partial charge is 0.496 e. The van der Waals surface area contributed by atoms with Gasteiger partial charge in [-0.3, -0.25) is 0 Å². The van der Waals surface area contributed by atoms with Gasteiger partial charge in [0.2, 0.25) is 0 Å². The predicted molar refractivity (Wildman–Crippen MR) is 122 cm³/mol. The standard InChI is InChI=1S/C25H30N2O4/c1-4-31-20-10-9-19(27(15-20)18-7-5-17(6-8-18)25(28)29)14-22-21-11-12-26-24(21)16(2)13-23(22)30-3/h5-8,11-13,19-20,26H,4,9-10,14-15H2,1-3H3,(H,28,29)/t19-,20+/m0/s1. The van der Waals surface area contributed by atoms with Crippen LogP contribution in [0.1, 0.15) is 41.3 Å². The van der Waals surface area contributed by atoms with Crippen molar-refractivity contribution in [2.24, 2.45) is 0 Å². The van der Waals surface area contributed by atoms with Crippen LogP contribution < -0.4 is 9.64 Å². The summed E-state index contributed by atoms with van der Waals surface area (Å²) in [6, 6.07) is 11.7. The number of nitrogens with one attached hydrogen (secondary N) is 1. The van der Waals surface area contributed by atoms with E-state index < -0.39 is 5.97 Å². The molecule has 4 rings (SSSR count). The van der Waals surface area contributed by atoms with Crippen molar-refractivity contribution in [2.45, 2.75) is 45.3 Å². The quantitative estimate of drug-likeness (QED) is 0.572. The first-order valence-corrected chi connectivity index (χ1v) is 10.9. The van der Waals surface area contributed by atoms with E-state index in [0.29, 0.717) is 12.2 Å². The molecule has 1 aliphatic rings. The Morgan fingerprint density at radius 2 is 2.00 bits per heavy atom. The molecule has 6 nitrogen and oxygen atoms in total. The molecule has 0 bridgehead atoms. The van der Waals surface area contributed by atoms with Gasteiger partial charge in [0.05, 0.1) is 18.8 Å². The number of carbonyl (C=O) groups is 1. The first kappa shape index (κ1) is 21.2. The molecule has 0 aliphatic carbocycles. The molecular weight excluding hydrogens is 392 g/mol. The monoisotopic (exact) mass is 422 g/mol. The Morgan fingerprint density at radius 3 is 2.68 bits per heavy atom. The number of piperidine rings is 1. The summed E-state index contributed by atoms with van der Waals surface area (Å²) in [7, 11) is 1.73. The van der Waals surface area contributed by atoms with Gasteiger partial charge in [0, 0.05) is 47.5 Å². The maximum atomic E-state index is 11.3. The van der Waals surface area contributed by atoms with Crippen molar-refractivity contribution in [3.63, 3.8) is 0 Å². The number of aromatic amines is 1. The molecule has 1 aliphatic heterocycles. The SMILES string of the molecule is CCO[C@@H]1CC[C@@H](Cc2c(OC)cc(C)c3[nH]ccc23)N(c2ccc(C(=O)O)cc2)C1. The first-order chi connectivity index (χ1) is 15.0. The summed E-state index contributed by atoms with van der Waals surface area (Å²) in [5, 5.41) is 10.5. The minimum atomic E-state index is -0.909. The Kier molecular flexibility index (Phi) is 6.18. The number of methoxy groups -OCH3 is 1. The highest BCUT2D eigenvalue weighted by Crippen LogP contribution is 2.35. The molecule has 3 aromatic rings. The van der Waals surface area contributed by atoms with Crippen molar-refractivity contribution in [3.8, 4) is 5.75 Å². The maximum Gasteiger partial charge on any atom is 0.335 e. The average Bonchev–Trinajstić information content (AvgIpc) is 3.27. The average molecular weight is 423 g/mol. The number of nitrogens with zero attached hydrogens (tertiary/aromatic N) is 1. The van der Waals surface area contributed by atoms with Crippen LogP contribution in [0.3, 0.4) is 0 Å². The Labute approximate surface area is 182 Å². The maximum absolute atomic E-state index is 11.3. The van der Waals surface area contributed by atoms with Crippen LogP contribution in [0, 0.1) is 6.92 Å². The number of carboxylic acid groups (broad SMARTS) is 1. The number of H-pyrrole nitrogens is 1. The zero-order valence-electron chi connectivity index (χ0n) is 18.4. The van der Waals surface area contributed by atoms with Crippen molar-refractivity contribution in [1.82, 2.24) is 4.98 Å². The molecule has 0 unspecified atom stereocenters. The lowest BCUT2D eigenvalue weighted by Gasteiger charge is -2.41. The van der Waals surface area contributed by atoms with Crippen LogP contribution >= 0.6 is 0 Å². The number of rotatable bonds is 7. The number of hydrogen-bond acceptors (Lipinski definition) is 4. The number of fused-ring (bicyclic) bond motifs is 1. The molecule has 0 saturated carbocycles. The number of aryl methyl sites for hydroxylation is 1. The van der Waals surface area contributed by atoms with Gasteiger partial charge >= 0.3 is 5.97 Å². The molecule has 2 N–H and O–H groups in total. The van der Waals surface area contributed by atoms with Crippen LogP contribution in [0.25, 0.3) is 10.9 Å². The van der Waals surface area contributed by atoms with Gasteiger partial charge < -0.3 is 24.5 Å². The zero-order chi connectivity index (χ0) is 22.0. The highest BCUT2D eigenvalue weighted by molar-refractivity contribution is 5.89. The fraction of sp³-hybridized carbons (Fsp3) is 0.400. The van der Waals surface area contributed by atoms with Gasteiger partial charge in [-0.05, 0) is 75.1 Å². The Morgan fingerprint density at radius 1 is 1.23 bits per heavy atom. The third kappa shape index (κ3) is 4.26. The molecule has 6 heteroatoms. The summed E-state index contributed by atoms with van der Waals surface area (Å²) in [6.45, 7) is 5.60. The molecule has 0 spiro atoms. The first-order valence-electron chi connectivity index (χ1n) is 10.9. The zero-order valence-corrected chi connectivity index (χ0v) is 18.4. The van der Waals surface area contributed by atoms with Gasteiger partial charge in [-0.1, -0.05) is 0 Å². The van der Waals surface area contributed by atoms with Gasteiger partial charge in [0.25, 0.3) is 0 Å². The molecule has 2 atom stereocenters. The second-order valence-corrected chi connectivity index (χ2v) is 8.16. The van der Waals surface area contributed by atoms with Crippen LogP contribution in [0.2, 0.25) is 0 Å². The third-order valence-electron chi connectivity index (χ3n) is 6.28. The molecule has 1 fully saturated rings. The lowest BCUT2D eigenvalue weighted by molar-refractivity contribution is 0.0465. The summed E-state index contributed by atoms with van der Waals surface area (Å²) in [5.41, 5.74) is 4.85. The fourth-order valence-electron chi connectivity index (χ4n) is 4.75. The topological polar surface area (TPSA) is 74.8 Å². The normalized spacial score (nSPS) is 19.0. The summed E-state index contributed by atoms with van der Waals surface area (Å²) < 4.78 is 11.7. The number of aromatic nitrogens is 1. The number of ether oxygens (including phenoxy) is 2.